The molecular weight excluding hydrogens is 448 g/mol. The molecule has 5 aromatic rings. The SMILES string of the molecule is Cc1nnc(SCc2c(C(=O)N(C)Cc3nc4ccccc4s3)oc3ccccc23)s1. The number of amides is 1. The predicted octanol–water partition coefficient (Wildman–Crippen LogP) is 5.77. The van der Waals surface area contributed by atoms with Crippen molar-refractivity contribution in [3.8, 4) is 0 Å². The molecule has 0 unspecified atom stereocenters. The molecule has 5 rings (SSSR count). The fourth-order valence-electron chi connectivity index (χ4n) is 3.32. The predicted molar refractivity (Wildman–Crippen MR) is 126 cm³/mol. The van der Waals surface area contributed by atoms with Crippen LogP contribution in [-0.2, 0) is 12.3 Å². The van der Waals surface area contributed by atoms with Crippen molar-refractivity contribution >= 4 is 61.5 Å². The molecule has 0 radical (unpaired) electrons. The Morgan fingerprint density at radius 1 is 1.10 bits per heavy atom. The highest BCUT2D eigenvalue weighted by molar-refractivity contribution is 8.00. The van der Waals surface area contributed by atoms with Crippen molar-refractivity contribution in [2.24, 2.45) is 0 Å². The zero-order chi connectivity index (χ0) is 21.4. The Morgan fingerprint density at radius 2 is 1.90 bits per heavy atom. The second-order valence-electron chi connectivity index (χ2n) is 7.02. The van der Waals surface area contributed by atoms with E-state index < -0.39 is 0 Å². The van der Waals surface area contributed by atoms with E-state index in [1.54, 1.807) is 46.4 Å². The highest BCUT2D eigenvalue weighted by Gasteiger charge is 2.24. The summed E-state index contributed by atoms with van der Waals surface area (Å²) in [5.74, 6) is 0.805. The number of aromatic nitrogens is 3. The first kappa shape index (κ1) is 20.2. The molecule has 0 spiro atoms. The summed E-state index contributed by atoms with van der Waals surface area (Å²) in [5, 5.41) is 11.0. The average Bonchev–Trinajstić information content (AvgIpc) is 3.47. The van der Waals surface area contributed by atoms with Gasteiger partial charge in [-0.05, 0) is 25.1 Å². The van der Waals surface area contributed by atoms with E-state index in [4.69, 9.17) is 4.42 Å². The maximum absolute atomic E-state index is 13.3. The van der Waals surface area contributed by atoms with Crippen LogP contribution >= 0.6 is 34.4 Å². The quantitative estimate of drug-likeness (QED) is 0.296. The number of carbonyl (C=O) groups excluding carboxylic acids is 1. The number of thiazole rings is 1. The van der Waals surface area contributed by atoms with Crippen LogP contribution in [0.4, 0.5) is 0 Å². The fourth-order valence-corrected chi connectivity index (χ4v) is 6.19. The van der Waals surface area contributed by atoms with E-state index in [1.165, 1.54) is 0 Å². The van der Waals surface area contributed by atoms with Gasteiger partial charge in [-0.15, -0.1) is 21.5 Å². The van der Waals surface area contributed by atoms with Crippen molar-refractivity contribution in [3.05, 3.63) is 69.9 Å². The lowest BCUT2D eigenvalue weighted by molar-refractivity contribution is 0.0754. The number of thioether (sulfide) groups is 1. The van der Waals surface area contributed by atoms with Crippen LogP contribution in [0.2, 0.25) is 0 Å². The summed E-state index contributed by atoms with van der Waals surface area (Å²) < 4.78 is 8.01. The number of benzene rings is 2. The van der Waals surface area contributed by atoms with Gasteiger partial charge in [0.25, 0.3) is 5.91 Å². The summed E-state index contributed by atoms with van der Waals surface area (Å²) in [6.45, 7) is 2.36. The Labute approximate surface area is 190 Å². The van der Waals surface area contributed by atoms with Crippen LogP contribution in [0.5, 0.6) is 0 Å². The summed E-state index contributed by atoms with van der Waals surface area (Å²) in [7, 11) is 1.78. The first-order valence-corrected chi connectivity index (χ1v) is 12.2. The number of fused-ring (bicyclic) bond motifs is 2. The standard InChI is InChI=1S/C22H18N4O2S3/c1-13-24-25-22(30-13)29-12-15-14-7-3-5-9-17(14)28-20(15)21(27)26(2)11-19-23-16-8-4-6-10-18(16)31-19/h3-10H,11-12H2,1-2H3. The lowest BCUT2D eigenvalue weighted by Crippen LogP contribution is -2.26. The van der Waals surface area contributed by atoms with Crippen molar-refractivity contribution in [3.63, 3.8) is 0 Å². The molecule has 9 heteroatoms. The number of aryl methyl sites for hydroxylation is 1. The molecule has 0 saturated heterocycles. The van der Waals surface area contributed by atoms with Gasteiger partial charge in [0, 0.05) is 23.8 Å². The zero-order valence-corrected chi connectivity index (χ0v) is 19.3. The number of para-hydroxylation sites is 2. The van der Waals surface area contributed by atoms with Crippen LogP contribution in [0.15, 0.2) is 57.3 Å². The Morgan fingerprint density at radius 3 is 2.71 bits per heavy atom. The molecule has 0 fully saturated rings. The largest absolute Gasteiger partial charge is 0.451 e. The van der Waals surface area contributed by atoms with E-state index >= 15 is 0 Å². The van der Waals surface area contributed by atoms with Gasteiger partial charge in [0.1, 0.15) is 15.6 Å². The van der Waals surface area contributed by atoms with Gasteiger partial charge < -0.3 is 9.32 Å². The highest BCUT2D eigenvalue weighted by Crippen LogP contribution is 2.34. The van der Waals surface area contributed by atoms with Crippen LogP contribution in [-0.4, -0.2) is 33.0 Å². The molecule has 156 valence electrons. The smallest absolute Gasteiger partial charge is 0.290 e. The minimum Gasteiger partial charge on any atom is -0.451 e. The molecule has 0 aliphatic heterocycles. The molecule has 1 amide bonds. The summed E-state index contributed by atoms with van der Waals surface area (Å²) in [6.07, 6.45) is 0. The molecule has 2 aromatic carbocycles. The monoisotopic (exact) mass is 466 g/mol. The van der Waals surface area contributed by atoms with Crippen LogP contribution < -0.4 is 0 Å². The maximum Gasteiger partial charge on any atom is 0.290 e. The molecule has 6 nitrogen and oxygen atoms in total. The van der Waals surface area contributed by atoms with Gasteiger partial charge in [-0.2, -0.15) is 0 Å². The third kappa shape index (κ3) is 4.08. The summed E-state index contributed by atoms with van der Waals surface area (Å²) in [5.41, 5.74) is 2.55. The molecule has 0 bridgehead atoms. The molecule has 0 atom stereocenters. The average molecular weight is 467 g/mol. The van der Waals surface area contributed by atoms with Gasteiger partial charge in [-0.25, -0.2) is 4.98 Å². The van der Waals surface area contributed by atoms with Gasteiger partial charge in [-0.3, -0.25) is 4.79 Å². The molecule has 0 saturated carbocycles. The number of hydrogen-bond donors (Lipinski definition) is 0. The molecule has 0 aliphatic rings. The van der Waals surface area contributed by atoms with Crippen molar-refractivity contribution in [1.29, 1.82) is 0 Å². The van der Waals surface area contributed by atoms with E-state index in [-0.39, 0.29) is 5.91 Å². The summed E-state index contributed by atoms with van der Waals surface area (Å²) >= 11 is 4.72. The Balaban J connectivity index is 1.42. The Bertz CT molecular complexity index is 1350. The molecule has 3 heterocycles. The lowest BCUT2D eigenvalue weighted by Gasteiger charge is -2.14. The van der Waals surface area contributed by atoms with Crippen LogP contribution in [0, 0.1) is 6.92 Å². The number of hydrogen-bond acceptors (Lipinski definition) is 8. The van der Waals surface area contributed by atoms with Crippen molar-refractivity contribution in [2.45, 2.75) is 23.6 Å². The van der Waals surface area contributed by atoms with Gasteiger partial charge in [0.15, 0.2) is 10.1 Å². The number of nitrogens with zero attached hydrogens (tertiary/aromatic N) is 4. The molecule has 0 N–H and O–H groups in total. The van der Waals surface area contributed by atoms with Crippen molar-refractivity contribution in [2.75, 3.05) is 7.05 Å². The van der Waals surface area contributed by atoms with Gasteiger partial charge >= 0.3 is 0 Å². The summed E-state index contributed by atoms with van der Waals surface area (Å²) in [4.78, 5) is 19.7. The minimum absolute atomic E-state index is 0.153. The first-order chi connectivity index (χ1) is 15.1. The maximum atomic E-state index is 13.3. The molecule has 0 aliphatic carbocycles. The highest BCUT2D eigenvalue weighted by atomic mass is 32.2. The number of carbonyl (C=O) groups is 1. The van der Waals surface area contributed by atoms with Gasteiger partial charge in [0.05, 0.1) is 16.8 Å². The van der Waals surface area contributed by atoms with E-state index in [2.05, 4.69) is 15.2 Å². The van der Waals surface area contributed by atoms with E-state index in [0.29, 0.717) is 23.6 Å². The molecule has 3 aromatic heterocycles. The summed E-state index contributed by atoms with van der Waals surface area (Å²) in [6, 6.07) is 15.8. The Kier molecular flexibility index (Phi) is 5.47. The number of furan rings is 1. The van der Waals surface area contributed by atoms with Gasteiger partial charge in [0.2, 0.25) is 0 Å². The van der Waals surface area contributed by atoms with Crippen LogP contribution in [0.1, 0.15) is 26.1 Å². The van der Waals surface area contributed by atoms with Gasteiger partial charge in [-0.1, -0.05) is 53.4 Å². The van der Waals surface area contributed by atoms with Crippen molar-refractivity contribution < 1.29 is 9.21 Å². The second kappa shape index (κ2) is 8.41. The van der Waals surface area contributed by atoms with E-state index in [9.17, 15) is 4.79 Å². The van der Waals surface area contributed by atoms with Crippen LogP contribution in [0.3, 0.4) is 0 Å². The number of rotatable bonds is 6. The third-order valence-corrected chi connectivity index (χ3v) is 7.82. The van der Waals surface area contributed by atoms with E-state index in [0.717, 1.165) is 35.5 Å². The van der Waals surface area contributed by atoms with Crippen LogP contribution in [0.25, 0.3) is 21.2 Å². The lowest BCUT2D eigenvalue weighted by atomic mass is 10.1. The van der Waals surface area contributed by atoms with Crippen molar-refractivity contribution in [1.82, 2.24) is 20.1 Å². The third-order valence-electron chi connectivity index (χ3n) is 4.80. The zero-order valence-electron chi connectivity index (χ0n) is 16.9. The van der Waals surface area contributed by atoms with E-state index in [1.807, 2.05) is 55.5 Å². The molecule has 31 heavy (non-hydrogen) atoms. The fraction of sp³-hybridized carbons (Fsp3) is 0.182. The topological polar surface area (TPSA) is 72.1 Å². The normalized spacial score (nSPS) is 11.4. The second-order valence-corrected chi connectivity index (χ2v) is 10.5. The minimum atomic E-state index is -0.153. The Hall–Kier alpha value is -2.75. The molecular formula is C22H18N4O2S3. The first-order valence-electron chi connectivity index (χ1n) is 9.61.